The molecule has 4 aliphatic rings. The number of terminal acetylenes is 1. The molecule has 3 aliphatic heterocycles. The number of nitrogens with zero attached hydrogens (tertiary/aromatic N) is 5. The zero-order chi connectivity index (χ0) is 32.8. The molecule has 2 aromatic heterocycles. The van der Waals surface area contributed by atoms with Crippen molar-refractivity contribution in [1.82, 2.24) is 19.9 Å². The molecule has 0 amide bonds. The van der Waals surface area contributed by atoms with E-state index >= 15 is 4.39 Å². The van der Waals surface area contributed by atoms with Crippen molar-refractivity contribution in [2.24, 2.45) is 11.3 Å². The van der Waals surface area contributed by atoms with Crippen LogP contribution in [0.1, 0.15) is 44.1 Å². The highest BCUT2D eigenvalue weighted by Crippen LogP contribution is 2.48. The Morgan fingerprint density at radius 3 is 2.75 bits per heavy atom. The zero-order valence-electron chi connectivity index (χ0n) is 26.9. The number of piperidine rings is 1. The number of fused-ring (bicyclic) bond motifs is 3. The van der Waals surface area contributed by atoms with Crippen LogP contribution in [0.15, 0.2) is 30.5 Å². The number of phenolic OH excluding ortho intramolecular Hbond substituents is 1. The molecule has 2 aromatic carbocycles. The summed E-state index contributed by atoms with van der Waals surface area (Å²) >= 11 is 0. The van der Waals surface area contributed by atoms with Crippen molar-refractivity contribution >= 4 is 27.5 Å². The molecule has 5 heterocycles. The summed E-state index contributed by atoms with van der Waals surface area (Å²) in [5, 5.41) is 11.8. The molecule has 11 heteroatoms. The van der Waals surface area contributed by atoms with Gasteiger partial charge in [-0.05, 0) is 62.2 Å². The highest BCUT2D eigenvalue weighted by molar-refractivity contribution is 6.03. The second-order valence-electron chi connectivity index (χ2n) is 13.7. The van der Waals surface area contributed by atoms with Gasteiger partial charge in [-0.15, -0.1) is 6.42 Å². The van der Waals surface area contributed by atoms with Crippen molar-refractivity contribution in [3.05, 3.63) is 47.7 Å². The summed E-state index contributed by atoms with van der Waals surface area (Å²) in [6, 6.07) is 6.10. The first-order valence-electron chi connectivity index (χ1n) is 17.0. The van der Waals surface area contributed by atoms with E-state index < -0.39 is 11.6 Å². The van der Waals surface area contributed by atoms with Gasteiger partial charge in [0.25, 0.3) is 0 Å². The number of aromatic hydroxyl groups is 1. The van der Waals surface area contributed by atoms with Crippen LogP contribution in [0, 0.1) is 35.3 Å². The van der Waals surface area contributed by atoms with E-state index in [1.165, 1.54) is 30.5 Å². The second-order valence-corrected chi connectivity index (χ2v) is 13.7. The summed E-state index contributed by atoms with van der Waals surface area (Å²) in [6.45, 7) is 6.65. The zero-order valence-corrected chi connectivity index (χ0v) is 26.9. The van der Waals surface area contributed by atoms with E-state index in [0.717, 1.165) is 64.8 Å². The van der Waals surface area contributed by atoms with Crippen molar-refractivity contribution in [3.8, 4) is 35.4 Å². The minimum Gasteiger partial charge on any atom is -0.508 e. The van der Waals surface area contributed by atoms with Gasteiger partial charge < -0.3 is 24.2 Å². The quantitative estimate of drug-likeness (QED) is 0.252. The molecule has 250 valence electrons. The number of halogens is 2. The lowest BCUT2D eigenvalue weighted by molar-refractivity contribution is -0.0731. The van der Waals surface area contributed by atoms with Crippen LogP contribution >= 0.6 is 0 Å². The largest absolute Gasteiger partial charge is 0.508 e. The van der Waals surface area contributed by atoms with Crippen LogP contribution in [-0.2, 0) is 9.47 Å². The molecule has 1 aliphatic carbocycles. The molecular formula is C37H39F2N5O4. The predicted molar refractivity (Wildman–Crippen MR) is 178 cm³/mol. The highest BCUT2D eigenvalue weighted by atomic mass is 19.1. The molecule has 0 spiro atoms. The van der Waals surface area contributed by atoms with Crippen molar-refractivity contribution in [3.63, 3.8) is 0 Å². The van der Waals surface area contributed by atoms with Gasteiger partial charge in [-0.2, -0.15) is 9.97 Å². The van der Waals surface area contributed by atoms with Gasteiger partial charge in [0.1, 0.15) is 28.6 Å². The molecule has 4 aromatic rings. The molecule has 8 rings (SSSR count). The lowest BCUT2D eigenvalue weighted by atomic mass is 9.75. The Kier molecular flexibility index (Phi) is 8.27. The Labute approximate surface area is 278 Å². The van der Waals surface area contributed by atoms with Crippen molar-refractivity contribution in [2.75, 3.05) is 64.1 Å². The monoisotopic (exact) mass is 655 g/mol. The van der Waals surface area contributed by atoms with Crippen LogP contribution in [0.4, 0.5) is 14.6 Å². The summed E-state index contributed by atoms with van der Waals surface area (Å²) in [4.78, 5) is 18.8. The fourth-order valence-electron chi connectivity index (χ4n) is 8.39. The van der Waals surface area contributed by atoms with Gasteiger partial charge in [0, 0.05) is 60.8 Å². The van der Waals surface area contributed by atoms with Crippen LogP contribution in [-0.4, -0.2) is 90.2 Å². The highest BCUT2D eigenvalue weighted by Gasteiger charge is 2.49. The molecule has 2 atom stereocenters. The summed E-state index contributed by atoms with van der Waals surface area (Å²) in [5.41, 5.74) is 0.0660. The topological polar surface area (TPSA) is 93.1 Å². The molecule has 9 nitrogen and oxygen atoms in total. The SMILES string of the molecule is C#Cc1c(F)ccc2cc(O)cc(-c3ncc4c(N5CCCOCC5)nc(OCC56CCC[C@H]5N(CC5COC5)CCC6)nc4c3F)c12. The number of rotatable bonds is 7. The van der Waals surface area contributed by atoms with E-state index in [2.05, 4.69) is 25.7 Å². The number of aromatic nitrogens is 3. The van der Waals surface area contributed by atoms with Crippen molar-refractivity contribution in [1.29, 1.82) is 0 Å². The summed E-state index contributed by atoms with van der Waals surface area (Å²) in [5.74, 6) is 2.05. The van der Waals surface area contributed by atoms with Crippen LogP contribution in [0.3, 0.4) is 0 Å². The number of benzene rings is 2. The van der Waals surface area contributed by atoms with Crippen LogP contribution < -0.4 is 9.64 Å². The van der Waals surface area contributed by atoms with Gasteiger partial charge in [0.2, 0.25) is 0 Å². The fourth-order valence-corrected chi connectivity index (χ4v) is 8.39. The third kappa shape index (κ3) is 5.50. The molecule has 0 bridgehead atoms. The molecular weight excluding hydrogens is 616 g/mol. The van der Waals surface area contributed by atoms with Gasteiger partial charge >= 0.3 is 6.01 Å². The molecule has 48 heavy (non-hydrogen) atoms. The number of hydrogen-bond acceptors (Lipinski definition) is 9. The predicted octanol–water partition coefficient (Wildman–Crippen LogP) is 5.70. The minimum absolute atomic E-state index is 0.0180. The van der Waals surface area contributed by atoms with Crippen LogP contribution in [0.2, 0.25) is 0 Å². The Hall–Kier alpha value is -4.11. The first-order chi connectivity index (χ1) is 23.4. The molecule has 3 saturated heterocycles. The van der Waals surface area contributed by atoms with E-state index in [-0.39, 0.29) is 44.9 Å². The Balaban J connectivity index is 1.21. The number of anilines is 1. The van der Waals surface area contributed by atoms with E-state index in [0.29, 0.717) is 61.5 Å². The Morgan fingerprint density at radius 1 is 1.04 bits per heavy atom. The minimum atomic E-state index is -0.727. The lowest BCUT2D eigenvalue weighted by Gasteiger charge is -2.48. The average Bonchev–Trinajstić information content (AvgIpc) is 3.32. The normalized spacial score (nSPS) is 23.5. The molecule has 0 radical (unpaired) electrons. The second kappa shape index (κ2) is 12.7. The smallest absolute Gasteiger partial charge is 0.319 e. The van der Waals surface area contributed by atoms with E-state index in [1.807, 2.05) is 0 Å². The molecule has 4 fully saturated rings. The Bertz CT molecular complexity index is 1910. The number of likely N-dealkylation sites (tertiary alicyclic amines) is 1. The van der Waals surface area contributed by atoms with Gasteiger partial charge in [-0.3, -0.25) is 9.88 Å². The third-order valence-corrected chi connectivity index (χ3v) is 10.7. The van der Waals surface area contributed by atoms with Gasteiger partial charge in [-0.1, -0.05) is 18.4 Å². The maximum atomic E-state index is 16.9. The van der Waals surface area contributed by atoms with Crippen molar-refractivity contribution < 1.29 is 28.1 Å². The lowest BCUT2D eigenvalue weighted by Crippen LogP contribution is -2.54. The average molecular weight is 656 g/mol. The first-order valence-corrected chi connectivity index (χ1v) is 17.0. The van der Waals surface area contributed by atoms with Gasteiger partial charge in [-0.25, -0.2) is 8.78 Å². The van der Waals surface area contributed by atoms with E-state index in [9.17, 15) is 9.50 Å². The standard InChI is InChI=1S/C37H39F2N5O4/c1-2-26-29(38)8-7-24-16-25(45)17-27(31(24)26)33-32(39)34-28(18-40-33)35(43-12-5-14-46-15-13-43)42-36(41-34)48-22-37-9-3-6-30(37)44(11-4-10-37)19-23-20-47-21-23/h1,7-8,16-18,23,30,45H,3-6,9-15,19-22H2/t30-,37?/m1/s1. The third-order valence-electron chi connectivity index (χ3n) is 10.7. The van der Waals surface area contributed by atoms with E-state index in [4.69, 9.17) is 25.6 Å². The Morgan fingerprint density at radius 2 is 1.92 bits per heavy atom. The van der Waals surface area contributed by atoms with Gasteiger partial charge in [0.15, 0.2) is 5.82 Å². The first kappa shape index (κ1) is 31.2. The van der Waals surface area contributed by atoms with E-state index in [1.54, 1.807) is 0 Å². The molecule has 1 N–H and O–H groups in total. The summed E-state index contributed by atoms with van der Waals surface area (Å²) < 4.78 is 49.4. The summed E-state index contributed by atoms with van der Waals surface area (Å²) in [7, 11) is 0. The van der Waals surface area contributed by atoms with Crippen LogP contribution in [0.5, 0.6) is 11.8 Å². The number of hydrogen-bond donors (Lipinski definition) is 1. The maximum absolute atomic E-state index is 16.9. The van der Waals surface area contributed by atoms with Gasteiger partial charge in [0.05, 0.1) is 37.4 Å². The maximum Gasteiger partial charge on any atom is 0.319 e. The fraction of sp³-hybridized carbons (Fsp3) is 0.486. The summed E-state index contributed by atoms with van der Waals surface area (Å²) in [6.07, 6.45) is 13.6. The molecule has 1 unspecified atom stereocenters. The number of ether oxygens (including phenoxy) is 3. The number of phenols is 1. The number of pyridine rings is 1. The van der Waals surface area contributed by atoms with Crippen LogP contribution in [0.25, 0.3) is 32.9 Å². The molecule has 1 saturated carbocycles. The van der Waals surface area contributed by atoms with Crippen molar-refractivity contribution in [2.45, 2.75) is 44.6 Å².